The van der Waals surface area contributed by atoms with Gasteiger partial charge in [-0.15, -0.1) is 0 Å². The first-order valence-electron chi connectivity index (χ1n) is 17.1. The summed E-state index contributed by atoms with van der Waals surface area (Å²) in [6.45, 7) is 0. The number of hydrogen-bond acceptors (Lipinski definition) is 4. The number of para-hydroxylation sites is 2. The second kappa shape index (κ2) is 9.75. The molecule has 0 N–H and O–H groups in total. The second-order valence-electron chi connectivity index (χ2n) is 10.4. The van der Waals surface area contributed by atoms with E-state index in [9.17, 15) is 0 Å². The third-order valence-corrected chi connectivity index (χ3v) is 7.80. The Morgan fingerprint density at radius 1 is 0.523 bits per heavy atom. The van der Waals surface area contributed by atoms with Crippen LogP contribution in [0.15, 0.2) is 150 Å². The van der Waals surface area contributed by atoms with E-state index in [1.807, 2.05) is 97.1 Å². The third kappa shape index (κ3) is 3.83. The molecule has 0 amide bonds. The van der Waals surface area contributed by atoms with Gasteiger partial charge in [-0.25, -0.2) is 15.0 Å². The zero-order chi connectivity index (χ0) is 34.3. The van der Waals surface area contributed by atoms with Crippen LogP contribution in [0.3, 0.4) is 0 Å². The first-order chi connectivity index (χ1) is 24.3. The van der Waals surface area contributed by atoms with E-state index in [4.69, 9.17) is 27.6 Å². The van der Waals surface area contributed by atoms with E-state index in [0.29, 0.717) is 45.4 Å². The molecule has 0 bridgehead atoms. The summed E-state index contributed by atoms with van der Waals surface area (Å²) in [5, 5.41) is 1.90. The molecular weight excluding hydrogens is 540 g/mol. The van der Waals surface area contributed by atoms with Crippen molar-refractivity contribution in [3.63, 3.8) is 0 Å². The molecule has 0 aliphatic rings. The van der Waals surface area contributed by atoms with Gasteiger partial charge in [-0.1, -0.05) is 109 Å². The molecule has 5 nitrogen and oxygen atoms in total. The first-order valence-corrected chi connectivity index (χ1v) is 14.1. The van der Waals surface area contributed by atoms with Crippen molar-refractivity contribution < 1.29 is 12.6 Å². The smallest absolute Gasteiger partial charge is 0.164 e. The lowest BCUT2D eigenvalue weighted by molar-refractivity contribution is 0.669. The van der Waals surface area contributed by atoms with Crippen LogP contribution in [0.4, 0.5) is 0 Å². The monoisotopic (exact) mass is 570 g/mol. The number of furan rings is 1. The summed E-state index contributed by atoms with van der Waals surface area (Å²) in [6.07, 6.45) is 0. The van der Waals surface area contributed by atoms with E-state index in [1.54, 1.807) is 4.57 Å². The molecule has 44 heavy (non-hydrogen) atoms. The maximum atomic E-state index is 8.88. The van der Waals surface area contributed by atoms with E-state index in [0.717, 1.165) is 27.5 Å². The van der Waals surface area contributed by atoms with Crippen LogP contribution in [-0.2, 0) is 0 Å². The standard InChI is InChI=1S/C39H24N4O/c1-3-12-25(13-4-1)37-40-38(26-14-5-2-6-15-26)42-39(41-37)30-18-11-21-35-36(30)31-24-27(22-23-34(31)44-35)43-32-19-9-7-16-28(32)29-17-8-10-20-33(29)43/h1-24H/i7D,8D,16D,17D,19D,20D. The molecule has 206 valence electrons. The number of nitrogens with zero attached hydrogens (tertiary/aromatic N) is 4. The normalized spacial score (nSPS) is 13.5. The van der Waals surface area contributed by atoms with Gasteiger partial charge in [0.25, 0.3) is 0 Å². The van der Waals surface area contributed by atoms with Gasteiger partial charge < -0.3 is 8.98 Å². The van der Waals surface area contributed by atoms with Gasteiger partial charge in [-0.2, -0.15) is 0 Å². The fourth-order valence-corrected chi connectivity index (χ4v) is 5.84. The van der Waals surface area contributed by atoms with E-state index >= 15 is 0 Å². The summed E-state index contributed by atoms with van der Waals surface area (Å²) in [5.74, 6) is 1.51. The minimum atomic E-state index is -0.161. The molecule has 0 aliphatic heterocycles. The van der Waals surface area contributed by atoms with Gasteiger partial charge in [-0.3, -0.25) is 0 Å². The highest BCUT2D eigenvalue weighted by molar-refractivity contribution is 6.13. The number of benzene rings is 6. The summed E-state index contributed by atoms with van der Waals surface area (Å²) >= 11 is 0. The molecule has 0 unspecified atom stereocenters. The first kappa shape index (κ1) is 19.2. The molecule has 3 heterocycles. The Morgan fingerprint density at radius 3 is 1.77 bits per heavy atom. The van der Waals surface area contributed by atoms with Crippen molar-refractivity contribution >= 4 is 43.7 Å². The molecule has 0 spiro atoms. The highest BCUT2D eigenvalue weighted by Crippen LogP contribution is 2.39. The Balaban J connectivity index is 1.35. The number of fused-ring (bicyclic) bond motifs is 6. The number of rotatable bonds is 4. The van der Waals surface area contributed by atoms with Crippen LogP contribution >= 0.6 is 0 Å². The van der Waals surface area contributed by atoms with E-state index in [-0.39, 0.29) is 47.0 Å². The third-order valence-electron chi connectivity index (χ3n) is 7.80. The maximum Gasteiger partial charge on any atom is 0.164 e. The van der Waals surface area contributed by atoms with E-state index in [2.05, 4.69) is 0 Å². The van der Waals surface area contributed by atoms with Crippen molar-refractivity contribution in [1.82, 2.24) is 19.5 Å². The molecule has 6 aromatic carbocycles. The Kier molecular flexibility index (Phi) is 4.25. The Bertz CT molecular complexity index is 2700. The SMILES string of the molecule is [2H]c1cc([2H])c2c(c1[2H])c1c([2H])c([2H])cc([2H])c1n2-c1ccc2oc3cccc(-c4nc(-c5ccccc5)nc(-c5ccccc5)n4)c3c2c1. The van der Waals surface area contributed by atoms with E-state index in [1.165, 1.54) is 12.1 Å². The highest BCUT2D eigenvalue weighted by Gasteiger charge is 2.19. The van der Waals surface area contributed by atoms with Gasteiger partial charge in [0, 0.05) is 43.9 Å². The predicted molar refractivity (Wildman–Crippen MR) is 178 cm³/mol. The Hall–Kier alpha value is -6.07. The van der Waals surface area contributed by atoms with Crippen LogP contribution < -0.4 is 0 Å². The van der Waals surface area contributed by atoms with Crippen LogP contribution in [0.2, 0.25) is 0 Å². The zero-order valence-corrected chi connectivity index (χ0v) is 23.1. The van der Waals surface area contributed by atoms with Gasteiger partial charge in [0.2, 0.25) is 0 Å². The summed E-state index contributed by atoms with van der Waals surface area (Å²) < 4.78 is 60.0. The van der Waals surface area contributed by atoms with Gasteiger partial charge in [0.1, 0.15) is 11.2 Å². The molecule has 0 fully saturated rings. The fourth-order valence-electron chi connectivity index (χ4n) is 5.84. The van der Waals surface area contributed by atoms with Crippen molar-refractivity contribution in [2.45, 2.75) is 0 Å². The van der Waals surface area contributed by atoms with Crippen molar-refractivity contribution in [3.8, 4) is 39.9 Å². The molecule has 0 saturated carbocycles. The molecule has 3 aromatic heterocycles. The lowest BCUT2D eigenvalue weighted by Gasteiger charge is -2.10. The molecule has 9 rings (SSSR count). The number of aromatic nitrogens is 4. The minimum Gasteiger partial charge on any atom is -0.456 e. The van der Waals surface area contributed by atoms with Gasteiger partial charge >= 0.3 is 0 Å². The lowest BCUT2D eigenvalue weighted by atomic mass is 10.0. The average molecular weight is 571 g/mol. The van der Waals surface area contributed by atoms with Crippen LogP contribution in [0.5, 0.6) is 0 Å². The summed E-state index contributed by atoms with van der Waals surface area (Å²) in [7, 11) is 0. The lowest BCUT2D eigenvalue weighted by Crippen LogP contribution is -2.00. The largest absolute Gasteiger partial charge is 0.456 e. The average Bonchev–Trinajstić information content (AvgIpc) is 3.71. The van der Waals surface area contributed by atoms with Gasteiger partial charge in [0.15, 0.2) is 17.5 Å². The van der Waals surface area contributed by atoms with Crippen LogP contribution in [-0.4, -0.2) is 19.5 Å². The highest BCUT2D eigenvalue weighted by atomic mass is 16.3. The van der Waals surface area contributed by atoms with Crippen LogP contribution in [0, 0.1) is 0 Å². The van der Waals surface area contributed by atoms with Gasteiger partial charge in [-0.05, 0) is 36.4 Å². The quantitative estimate of drug-likeness (QED) is 0.211. The van der Waals surface area contributed by atoms with Crippen molar-refractivity contribution in [2.75, 3.05) is 0 Å². The zero-order valence-electron chi connectivity index (χ0n) is 29.1. The van der Waals surface area contributed by atoms with E-state index < -0.39 is 0 Å². The van der Waals surface area contributed by atoms with Crippen molar-refractivity contribution in [3.05, 3.63) is 145 Å². The molecule has 0 saturated heterocycles. The molecule has 0 aliphatic carbocycles. The summed E-state index contributed by atoms with van der Waals surface area (Å²) in [5.41, 5.74) is 4.77. The summed E-state index contributed by atoms with van der Waals surface area (Å²) in [6, 6.07) is 32.6. The maximum absolute atomic E-state index is 8.88. The predicted octanol–water partition coefficient (Wildman–Crippen LogP) is 9.87. The Labute approximate surface area is 261 Å². The van der Waals surface area contributed by atoms with Crippen LogP contribution in [0.25, 0.3) is 83.6 Å². The molecule has 0 atom stereocenters. The molecule has 5 heteroatoms. The topological polar surface area (TPSA) is 56.7 Å². The minimum absolute atomic E-state index is 0.0209. The molecule has 0 radical (unpaired) electrons. The fraction of sp³-hybridized carbons (Fsp3) is 0. The van der Waals surface area contributed by atoms with Crippen LogP contribution in [0.1, 0.15) is 8.22 Å². The summed E-state index contributed by atoms with van der Waals surface area (Å²) in [4.78, 5) is 14.7. The van der Waals surface area contributed by atoms with Crippen molar-refractivity contribution in [2.24, 2.45) is 0 Å². The molecular formula is C39H24N4O. The number of hydrogen-bond donors (Lipinski definition) is 0. The second-order valence-corrected chi connectivity index (χ2v) is 10.4. The van der Waals surface area contributed by atoms with Gasteiger partial charge in [0.05, 0.1) is 19.3 Å². The Morgan fingerprint density at radius 2 is 1.14 bits per heavy atom. The molecule has 9 aromatic rings. The van der Waals surface area contributed by atoms with Crippen molar-refractivity contribution in [1.29, 1.82) is 0 Å².